The van der Waals surface area contributed by atoms with Crippen molar-refractivity contribution in [2.45, 2.75) is 29.8 Å². The topological polar surface area (TPSA) is 101 Å². The smallest absolute Gasteiger partial charge is 0.428 e. The third-order valence-corrected chi connectivity index (χ3v) is 4.97. The minimum atomic E-state index is -6.57. The van der Waals surface area contributed by atoms with Crippen molar-refractivity contribution in [2.75, 3.05) is 5.75 Å². The lowest BCUT2D eigenvalue weighted by Gasteiger charge is -2.36. The van der Waals surface area contributed by atoms with E-state index in [-0.39, 0.29) is 0 Å². The molecule has 0 spiro atoms. The summed E-state index contributed by atoms with van der Waals surface area (Å²) in [6.45, 7) is 1.46. The average molecular weight is 415 g/mol. The Morgan fingerprint density at radius 2 is 1.32 bits per heavy atom. The summed E-state index contributed by atoms with van der Waals surface area (Å²) in [5.41, 5.74) is -5.32. The summed E-state index contributed by atoms with van der Waals surface area (Å²) in [5, 5.41) is 0. The number of hydrogen-bond acceptors (Lipinski definition) is 6. The molecule has 14 heteroatoms. The lowest BCUT2D eigenvalue weighted by atomic mass is 10.1. The number of alkyl halides is 6. The molecule has 0 atom stereocenters. The third kappa shape index (κ3) is 4.83. The predicted octanol–water partition coefficient (Wildman–Crippen LogP) is 2.11. The Balaban J connectivity index is 3.60. The molecule has 0 fully saturated rings. The Hall–Kier alpha value is -1.38. The summed E-state index contributed by atoms with van der Waals surface area (Å²) in [6.07, 6.45) is -13.1. The lowest BCUT2D eigenvalue weighted by Crippen LogP contribution is -2.63. The average Bonchev–Trinajstić information content (AvgIpc) is 2.33. The summed E-state index contributed by atoms with van der Waals surface area (Å²) >= 11 is 0. The molecule has 1 aromatic rings. The Morgan fingerprint density at radius 3 is 1.64 bits per heavy atom. The molecule has 0 heterocycles. The van der Waals surface area contributed by atoms with Crippen LogP contribution in [-0.4, -0.2) is 45.1 Å². The largest absolute Gasteiger partial charge is 0.748 e. The minimum absolute atomic E-state index is 0.430. The van der Waals surface area contributed by atoms with Crippen LogP contribution in [0.3, 0.4) is 0 Å². The van der Waals surface area contributed by atoms with Gasteiger partial charge in [0.05, 0.1) is 20.8 Å². The fourth-order valence-corrected chi connectivity index (χ4v) is 3.78. The van der Waals surface area contributed by atoms with Crippen LogP contribution in [0.1, 0.15) is 5.56 Å². The number of halogens is 6. The first-order valence-electron chi connectivity index (χ1n) is 6.01. The molecule has 0 unspecified atom stereocenters. The van der Waals surface area contributed by atoms with E-state index in [1.807, 2.05) is 0 Å². The molecule has 0 N–H and O–H groups in total. The number of hydrogen-bond donors (Lipinski definition) is 0. The van der Waals surface area contributed by atoms with Crippen molar-refractivity contribution >= 4 is 20.2 Å². The number of aryl methyl sites for hydroxylation is 1. The van der Waals surface area contributed by atoms with Gasteiger partial charge in [0, 0.05) is 0 Å². The molecule has 0 radical (unpaired) electrons. The Bertz CT molecular complexity index is 809. The van der Waals surface area contributed by atoms with Gasteiger partial charge in [-0.1, -0.05) is 17.7 Å². The maximum atomic E-state index is 13.0. The zero-order valence-electron chi connectivity index (χ0n) is 12.1. The molecule has 25 heavy (non-hydrogen) atoms. The van der Waals surface area contributed by atoms with Gasteiger partial charge in [0.2, 0.25) is 0 Å². The van der Waals surface area contributed by atoms with Crippen molar-refractivity contribution in [2.24, 2.45) is 0 Å². The third-order valence-electron chi connectivity index (χ3n) is 2.86. The molecular formula is C11H9F6O6S2-. The van der Waals surface area contributed by atoms with Crippen LogP contribution in [0.2, 0.25) is 0 Å². The van der Waals surface area contributed by atoms with Gasteiger partial charge in [-0.05, 0) is 19.1 Å². The van der Waals surface area contributed by atoms with E-state index in [0.717, 1.165) is 12.1 Å². The van der Waals surface area contributed by atoms with Crippen LogP contribution in [0, 0.1) is 6.92 Å². The molecule has 0 aliphatic heterocycles. The Kier molecular flexibility index (Phi) is 5.55. The van der Waals surface area contributed by atoms with Gasteiger partial charge < -0.3 is 4.55 Å². The van der Waals surface area contributed by atoms with E-state index in [0.29, 0.717) is 17.7 Å². The standard InChI is InChI=1S/C11H10F6O6S2/c1-7-2-4-8(5-3-7)25(21,22)23-9(10(12,13)14,11(15,16)17)6-24(18,19)20/h2-5H,6H2,1H3,(H,18,19,20)/p-1. The SMILES string of the molecule is Cc1ccc(S(=O)(=O)OC(CS(=O)(=O)[O-])(C(F)(F)F)C(F)(F)F)cc1. The quantitative estimate of drug-likeness (QED) is 0.415. The summed E-state index contributed by atoms with van der Waals surface area (Å²) in [4.78, 5) is -1.08. The van der Waals surface area contributed by atoms with Crippen molar-refractivity contribution in [3.05, 3.63) is 29.8 Å². The maximum absolute atomic E-state index is 13.0. The first-order chi connectivity index (χ1) is 10.9. The molecule has 0 amide bonds. The maximum Gasteiger partial charge on any atom is 0.428 e. The summed E-state index contributed by atoms with van der Waals surface area (Å²) < 4.78 is 137. The van der Waals surface area contributed by atoms with E-state index in [9.17, 15) is 47.7 Å². The van der Waals surface area contributed by atoms with Crippen LogP contribution in [0.4, 0.5) is 26.3 Å². The highest BCUT2D eigenvalue weighted by Crippen LogP contribution is 2.48. The van der Waals surface area contributed by atoms with Crippen molar-refractivity contribution in [1.29, 1.82) is 0 Å². The molecule has 1 rings (SSSR count). The van der Waals surface area contributed by atoms with Crippen LogP contribution in [0.25, 0.3) is 0 Å². The molecular weight excluding hydrogens is 406 g/mol. The first kappa shape index (κ1) is 21.7. The highest BCUT2D eigenvalue weighted by Gasteiger charge is 2.75. The van der Waals surface area contributed by atoms with Gasteiger partial charge >= 0.3 is 12.4 Å². The van der Waals surface area contributed by atoms with E-state index in [4.69, 9.17) is 0 Å². The van der Waals surface area contributed by atoms with Gasteiger partial charge in [-0.25, -0.2) is 12.6 Å². The van der Waals surface area contributed by atoms with Crippen LogP contribution < -0.4 is 0 Å². The molecule has 0 bridgehead atoms. The van der Waals surface area contributed by atoms with E-state index < -0.39 is 48.8 Å². The van der Waals surface area contributed by atoms with E-state index in [1.165, 1.54) is 6.92 Å². The Labute approximate surface area is 138 Å². The van der Waals surface area contributed by atoms with E-state index >= 15 is 0 Å². The molecule has 6 nitrogen and oxygen atoms in total. The monoisotopic (exact) mass is 415 g/mol. The number of benzene rings is 1. The molecule has 1 aromatic carbocycles. The lowest BCUT2D eigenvalue weighted by molar-refractivity contribution is -0.348. The normalized spacial score (nSPS) is 14.6. The molecule has 0 saturated carbocycles. The van der Waals surface area contributed by atoms with E-state index in [2.05, 4.69) is 4.18 Å². The second-order valence-electron chi connectivity index (χ2n) is 4.88. The second-order valence-corrected chi connectivity index (χ2v) is 7.83. The van der Waals surface area contributed by atoms with Crippen LogP contribution in [-0.2, 0) is 24.4 Å². The summed E-state index contributed by atoms with van der Waals surface area (Å²) in [7, 11) is -11.9. The van der Waals surface area contributed by atoms with Gasteiger partial charge in [-0.15, -0.1) is 0 Å². The minimum Gasteiger partial charge on any atom is -0.748 e. The van der Waals surface area contributed by atoms with Gasteiger partial charge in [0.15, 0.2) is 0 Å². The fraction of sp³-hybridized carbons (Fsp3) is 0.455. The van der Waals surface area contributed by atoms with Crippen molar-refractivity contribution in [1.82, 2.24) is 0 Å². The molecule has 0 aliphatic rings. The van der Waals surface area contributed by atoms with E-state index in [1.54, 1.807) is 0 Å². The zero-order chi connectivity index (χ0) is 19.9. The summed E-state index contributed by atoms with van der Waals surface area (Å²) in [5.74, 6) is -3.20. The number of rotatable bonds is 5. The fourth-order valence-electron chi connectivity index (χ4n) is 1.63. The van der Waals surface area contributed by atoms with Crippen molar-refractivity contribution in [3.63, 3.8) is 0 Å². The van der Waals surface area contributed by atoms with Crippen molar-refractivity contribution in [3.8, 4) is 0 Å². The van der Waals surface area contributed by atoms with Gasteiger partial charge in [0.1, 0.15) is 0 Å². The van der Waals surface area contributed by atoms with Crippen LogP contribution >= 0.6 is 0 Å². The van der Waals surface area contributed by atoms with Crippen LogP contribution in [0.5, 0.6) is 0 Å². The molecule has 0 aliphatic carbocycles. The second kappa shape index (κ2) is 6.41. The molecule has 0 saturated heterocycles. The van der Waals surface area contributed by atoms with Gasteiger partial charge in [-0.2, -0.15) is 34.8 Å². The van der Waals surface area contributed by atoms with Gasteiger partial charge in [0.25, 0.3) is 15.7 Å². The predicted molar refractivity (Wildman–Crippen MR) is 68.9 cm³/mol. The highest BCUT2D eigenvalue weighted by molar-refractivity contribution is 7.87. The highest BCUT2D eigenvalue weighted by atomic mass is 32.2. The van der Waals surface area contributed by atoms with Crippen molar-refractivity contribution < 1.29 is 51.9 Å². The summed E-state index contributed by atoms with van der Waals surface area (Å²) in [6, 6.07) is 3.44. The van der Waals surface area contributed by atoms with Gasteiger partial charge in [-0.3, -0.25) is 0 Å². The Morgan fingerprint density at radius 1 is 0.920 bits per heavy atom. The first-order valence-corrected chi connectivity index (χ1v) is 8.99. The zero-order valence-corrected chi connectivity index (χ0v) is 13.7. The molecule has 144 valence electrons. The molecule has 0 aromatic heterocycles. The van der Waals surface area contributed by atoms with Crippen LogP contribution in [0.15, 0.2) is 29.2 Å².